The lowest BCUT2D eigenvalue weighted by Gasteiger charge is -2.22. The van der Waals surface area contributed by atoms with E-state index in [2.05, 4.69) is 5.32 Å². The number of nitriles is 1. The summed E-state index contributed by atoms with van der Waals surface area (Å²) < 4.78 is 22.4. The first kappa shape index (κ1) is 16.0. The first-order valence-electron chi connectivity index (χ1n) is 6.50. The van der Waals surface area contributed by atoms with Crippen molar-refractivity contribution in [2.45, 2.75) is 12.5 Å². The quantitative estimate of drug-likeness (QED) is 0.806. The van der Waals surface area contributed by atoms with E-state index in [1.54, 1.807) is 31.2 Å². The summed E-state index contributed by atoms with van der Waals surface area (Å²) in [4.78, 5) is 25.4. The largest absolute Gasteiger partial charge is 0.325 e. The van der Waals surface area contributed by atoms with E-state index >= 15 is 0 Å². The molecule has 1 unspecified atom stereocenters. The fraction of sp³-hybridized carbons (Fsp3) is 0.357. The van der Waals surface area contributed by atoms with Crippen LogP contribution in [0.2, 0.25) is 0 Å². The van der Waals surface area contributed by atoms with Crippen molar-refractivity contribution in [2.24, 2.45) is 0 Å². The highest BCUT2D eigenvalue weighted by atomic mass is 32.2. The zero-order valence-corrected chi connectivity index (χ0v) is 13.0. The fourth-order valence-electron chi connectivity index (χ4n) is 2.23. The van der Waals surface area contributed by atoms with Gasteiger partial charge in [-0.2, -0.15) is 5.26 Å². The summed E-state index contributed by atoms with van der Waals surface area (Å²) in [5, 5.41) is 11.4. The predicted octanol–water partition coefficient (Wildman–Crippen LogP) is 0.370. The first-order chi connectivity index (χ1) is 10.2. The van der Waals surface area contributed by atoms with Gasteiger partial charge in [0.25, 0.3) is 5.91 Å². The molecule has 1 aliphatic rings. The van der Waals surface area contributed by atoms with Crippen LogP contribution in [0.1, 0.15) is 18.1 Å². The molecule has 1 aliphatic heterocycles. The number of hydrogen-bond donors (Lipinski definition) is 1. The third-order valence-electron chi connectivity index (χ3n) is 3.55. The van der Waals surface area contributed by atoms with Crippen LogP contribution in [0.25, 0.3) is 0 Å². The van der Waals surface area contributed by atoms with Crippen LogP contribution in [-0.2, 0) is 20.2 Å². The lowest BCUT2D eigenvalue weighted by atomic mass is 9.91. The van der Waals surface area contributed by atoms with Crippen molar-refractivity contribution >= 4 is 21.8 Å². The number of carbonyl (C=O) groups is 2. The van der Waals surface area contributed by atoms with Gasteiger partial charge in [-0.1, -0.05) is 12.1 Å². The number of benzene rings is 1. The average molecular weight is 321 g/mol. The number of rotatable bonds is 4. The third-order valence-corrected chi connectivity index (χ3v) is 4.48. The molecule has 116 valence electrons. The van der Waals surface area contributed by atoms with Crippen LogP contribution in [0, 0.1) is 11.3 Å². The highest BCUT2D eigenvalue weighted by molar-refractivity contribution is 7.90. The summed E-state index contributed by atoms with van der Waals surface area (Å²) in [6.45, 7) is 1.37. The van der Waals surface area contributed by atoms with Crippen molar-refractivity contribution in [2.75, 3.05) is 18.6 Å². The van der Waals surface area contributed by atoms with Gasteiger partial charge < -0.3 is 5.32 Å². The van der Waals surface area contributed by atoms with Gasteiger partial charge in [-0.25, -0.2) is 13.2 Å². The number of carbonyl (C=O) groups excluding carboxylic acids is 2. The van der Waals surface area contributed by atoms with Crippen LogP contribution in [-0.4, -0.2) is 43.8 Å². The molecule has 1 fully saturated rings. The normalized spacial score (nSPS) is 21.6. The summed E-state index contributed by atoms with van der Waals surface area (Å²) in [7, 11) is -3.28. The maximum Gasteiger partial charge on any atom is 0.325 e. The van der Waals surface area contributed by atoms with Gasteiger partial charge >= 0.3 is 6.03 Å². The number of sulfone groups is 1. The van der Waals surface area contributed by atoms with Gasteiger partial charge in [0.15, 0.2) is 0 Å². The summed E-state index contributed by atoms with van der Waals surface area (Å²) in [5.41, 5.74) is -0.285. The Bertz CT molecular complexity index is 764. The molecule has 0 bridgehead atoms. The molecule has 0 aliphatic carbocycles. The molecule has 0 radical (unpaired) electrons. The zero-order chi connectivity index (χ0) is 16.5. The average Bonchev–Trinajstić information content (AvgIpc) is 2.67. The number of nitrogens with zero attached hydrogens (tertiary/aromatic N) is 2. The van der Waals surface area contributed by atoms with Crippen molar-refractivity contribution in [1.82, 2.24) is 10.2 Å². The lowest BCUT2D eigenvalue weighted by molar-refractivity contribution is -0.130. The second kappa shape index (κ2) is 5.42. The molecule has 22 heavy (non-hydrogen) atoms. The van der Waals surface area contributed by atoms with Gasteiger partial charge in [0.2, 0.25) is 0 Å². The Morgan fingerprint density at radius 3 is 2.36 bits per heavy atom. The number of imide groups is 1. The standard InChI is InChI=1S/C14H15N3O4S/c1-14(11-5-3-10(9-15)4-6-11)12(18)17(13(19)16-14)7-8-22(2,20)21/h3-6H,7-8H2,1-2H3,(H,16,19). The topological polar surface area (TPSA) is 107 Å². The second-order valence-corrected chi connectivity index (χ2v) is 7.59. The van der Waals surface area contributed by atoms with Crippen LogP contribution < -0.4 is 5.32 Å². The summed E-state index contributed by atoms with van der Waals surface area (Å²) in [5.74, 6) is -0.791. The Kier molecular flexibility index (Phi) is 3.94. The maximum atomic E-state index is 12.5. The van der Waals surface area contributed by atoms with Crippen molar-refractivity contribution < 1.29 is 18.0 Å². The Hall–Kier alpha value is -2.40. The SMILES string of the molecule is CC1(c2ccc(C#N)cc2)NC(=O)N(CCS(C)(=O)=O)C1=O. The zero-order valence-electron chi connectivity index (χ0n) is 12.2. The fourth-order valence-corrected chi connectivity index (χ4v) is 2.75. The van der Waals surface area contributed by atoms with E-state index in [0.717, 1.165) is 11.2 Å². The molecule has 1 N–H and O–H groups in total. The molecule has 8 heteroatoms. The summed E-state index contributed by atoms with van der Waals surface area (Å²) in [6, 6.07) is 7.65. The van der Waals surface area contributed by atoms with Gasteiger partial charge in [-0.3, -0.25) is 9.69 Å². The van der Waals surface area contributed by atoms with Crippen LogP contribution in [0.4, 0.5) is 4.79 Å². The van der Waals surface area contributed by atoms with E-state index in [9.17, 15) is 18.0 Å². The summed E-state index contributed by atoms with van der Waals surface area (Å²) >= 11 is 0. The Morgan fingerprint density at radius 1 is 1.27 bits per heavy atom. The molecule has 3 amide bonds. The lowest BCUT2D eigenvalue weighted by Crippen LogP contribution is -2.41. The maximum absolute atomic E-state index is 12.5. The molecule has 0 saturated carbocycles. The third kappa shape index (κ3) is 2.94. The van der Waals surface area contributed by atoms with E-state index in [4.69, 9.17) is 5.26 Å². The van der Waals surface area contributed by atoms with Gasteiger partial charge in [-0.05, 0) is 24.6 Å². The van der Waals surface area contributed by atoms with E-state index in [-0.39, 0.29) is 12.3 Å². The van der Waals surface area contributed by atoms with Crippen molar-refractivity contribution in [1.29, 1.82) is 5.26 Å². The van der Waals surface area contributed by atoms with Crippen molar-refractivity contribution in [3.05, 3.63) is 35.4 Å². The molecule has 1 atom stereocenters. The summed E-state index contributed by atoms with van der Waals surface area (Å²) in [6.07, 6.45) is 1.05. The van der Waals surface area contributed by atoms with E-state index in [0.29, 0.717) is 11.1 Å². The number of nitrogens with one attached hydrogen (secondary N) is 1. The number of urea groups is 1. The molecule has 0 spiro atoms. The molecule has 1 aromatic rings. The minimum absolute atomic E-state index is 0.185. The predicted molar refractivity (Wildman–Crippen MR) is 78.5 cm³/mol. The Balaban J connectivity index is 2.27. The molecule has 1 aromatic carbocycles. The molecule has 1 saturated heterocycles. The van der Waals surface area contributed by atoms with Gasteiger partial charge in [0, 0.05) is 12.8 Å². The van der Waals surface area contributed by atoms with Crippen LogP contribution in [0.5, 0.6) is 0 Å². The Morgan fingerprint density at radius 2 is 1.86 bits per heavy atom. The van der Waals surface area contributed by atoms with Crippen LogP contribution in [0.3, 0.4) is 0 Å². The van der Waals surface area contributed by atoms with E-state index in [1.165, 1.54) is 0 Å². The Labute approximate surface area is 128 Å². The minimum Gasteiger partial charge on any atom is -0.319 e. The van der Waals surface area contributed by atoms with Crippen molar-refractivity contribution in [3.63, 3.8) is 0 Å². The van der Waals surface area contributed by atoms with Crippen LogP contribution >= 0.6 is 0 Å². The minimum atomic E-state index is -3.28. The number of amides is 3. The monoisotopic (exact) mass is 321 g/mol. The number of hydrogen-bond acceptors (Lipinski definition) is 5. The molecule has 7 nitrogen and oxygen atoms in total. The highest BCUT2D eigenvalue weighted by Crippen LogP contribution is 2.28. The van der Waals surface area contributed by atoms with Crippen molar-refractivity contribution in [3.8, 4) is 6.07 Å². The highest BCUT2D eigenvalue weighted by Gasteiger charge is 2.48. The first-order valence-corrected chi connectivity index (χ1v) is 8.56. The molecule has 2 rings (SSSR count). The second-order valence-electron chi connectivity index (χ2n) is 5.33. The molecule has 0 aromatic heterocycles. The van der Waals surface area contributed by atoms with Gasteiger partial charge in [0.05, 0.1) is 17.4 Å². The molecular weight excluding hydrogens is 306 g/mol. The smallest absolute Gasteiger partial charge is 0.319 e. The molecule has 1 heterocycles. The van der Waals surface area contributed by atoms with Crippen LogP contribution in [0.15, 0.2) is 24.3 Å². The van der Waals surface area contributed by atoms with E-state index < -0.39 is 27.3 Å². The molecular formula is C14H15N3O4S. The van der Waals surface area contributed by atoms with Gasteiger partial charge in [0.1, 0.15) is 15.4 Å². The van der Waals surface area contributed by atoms with Gasteiger partial charge in [-0.15, -0.1) is 0 Å². The van der Waals surface area contributed by atoms with E-state index in [1.807, 2.05) is 6.07 Å².